The van der Waals surface area contributed by atoms with Crippen LogP contribution in [0.4, 0.5) is 10.1 Å². The zero-order chi connectivity index (χ0) is 19.4. The number of hydrogen-bond acceptors (Lipinski definition) is 6. The van der Waals surface area contributed by atoms with Gasteiger partial charge in [-0.25, -0.2) is 17.5 Å². The molecule has 0 aliphatic carbocycles. The molecule has 0 saturated carbocycles. The van der Waals surface area contributed by atoms with Crippen LogP contribution in [0, 0.1) is 5.82 Å². The van der Waals surface area contributed by atoms with Gasteiger partial charge in [0.15, 0.2) is 0 Å². The van der Waals surface area contributed by atoms with Gasteiger partial charge in [0.1, 0.15) is 10.8 Å². The van der Waals surface area contributed by atoms with Crippen LogP contribution in [0.15, 0.2) is 57.9 Å². The molecule has 1 heterocycles. The Labute approximate surface area is 166 Å². The van der Waals surface area contributed by atoms with E-state index >= 15 is 0 Å². The molecule has 0 unspecified atom stereocenters. The van der Waals surface area contributed by atoms with Gasteiger partial charge in [-0.3, -0.25) is 4.79 Å². The molecule has 2 N–H and O–H groups in total. The van der Waals surface area contributed by atoms with Crippen molar-refractivity contribution in [3.63, 3.8) is 0 Å². The Morgan fingerprint density at radius 2 is 1.81 bits per heavy atom. The summed E-state index contributed by atoms with van der Waals surface area (Å²) in [6.07, 6.45) is 0. The van der Waals surface area contributed by atoms with Crippen LogP contribution in [0.5, 0.6) is 0 Å². The van der Waals surface area contributed by atoms with Gasteiger partial charge in [0, 0.05) is 4.47 Å². The largest absolute Gasteiger partial charge is 0.317 e. The first-order chi connectivity index (χ1) is 12.8. The highest BCUT2D eigenvalue weighted by Gasteiger charge is 2.17. The molecule has 11 heteroatoms. The number of hydrogen-bond donors (Lipinski definition) is 2. The molecule has 0 fully saturated rings. The lowest BCUT2D eigenvalue weighted by Gasteiger charge is -2.05. The van der Waals surface area contributed by atoms with E-state index in [1.807, 2.05) is 0 Å². The molecule has 0 saturated heterocycles. The molecule has 3 rings (SSSR count). The molecule has 0 atom stereocenters. The van der Waals surface area contributed by atoms with Gasteiger partial charge < -0.3 is 5.32 Å². The fraction of sp³-hybridized carbons (Fsp3) is 0.0625. The minimum absolute atomic E-state index is 0.00362. The van der Waals surface area contributed by atoms with Crippen LogP contribution in [-0.4, -0.2) is 24.5 Å². The number of halogens is 2. The van der Waals surface area contributed by atoms with E-state index in [-0.39, 0.29) is 22.1 Å². The van der Waals surface area contributed by atoms with Crippen molar-refractivity contribution in [1.82, 2.24) is 14.9 Å². The Kier molecular flexibility index (Phi) is 5.95. The molecule has 27 heavy (non-hydrogen) atoms. The van der Waals surface area contributed by atoms with Crippen molar-refractivity contribution in [2.75, 3.05) is 5.32 Å². The third-order valence-electron chi connectivity index (χ3n) is 3.32. The van der Waals surface area contributed by atoms with Crippen molar-refractivity contribution in [1.29, 1.82) is 0 Å². The van der Waals surface area contributed by atoms with Gasteiger partial charge in [-0.1, -0.05) is 39.4 Å². The Morgan fingerprint density at radius 1 is 1.11 bits per heavy atom. The lowest BCUT2D eigenvalue weighted by molar-refractivity contribution is 0.102. The van der Waals surface area contributed by atoms with Crippen molar-refractivity contribution in [2.24, 2.45) is 0 Å². The smallest absolute Gasteiger partial charge is 0.286 e. The van der Waals surface area contributed by atoms with Crippen molar-refractivity contribution in [2.45, 2.75) is 11.4 Å². The third-order valence-corrected chi connectivity index (χ3v) is 6.19. The summed E-state index contributed by atoms with van der Waals surface area (Å²) in [5.41, 5.74) is 0.0233. The van der Waals surface area contributed by atoms with E-state index in [9.17, 15) is 17.6 Å². The molecule has 0 bridgehead atoms. The SMILES string of the molecule is O=C(Nc1ccccc1F)c1nnc(CNS(=O)(=O)c2ccc(Br)cc2)s1. The van der Waals surface area contributed by atoms with Crippen LogP contribution in [-0.2, 0) is 16.6 Å². The maximum absolute atomic E-state index is 13.6. The number of anilines is 1. The molecule has 140 valence electrons. The summed E-state index contributed by atoms with van der Waals surface area (Å²) in [6.45, 7) is -0.122. The van der Waals surface area contributed by atoms with Crippen molar-refractivity contribution in [3.05, 3.63) is 68.8 Å². The number of carbonyl (C=O) groups is 1. The fourth-order valence-corrected chi connectivity index (χ4v) is 4.03. The van der Waals surface area contributed by atoms with E-state index in [2.05, 4.69) is 36.2 Å². The number of para-hydroxylation sites is 1. The van der Waals surface area contributed by atoms with Crippen LogP contribution >= 0.6 is 27.3 Å². The number of rotatable bonds is 6. The first-order valence-electron chi connectivity index (χ1n) is 7.48. The predicted octanol–water partition coefficient (Wildman–Crippen LogP) is 3.17. The molecule has 3 aromatic rings. The van der Waals surface area contributed by atoms with Crippen LogP contribution in [0.2, 0.25) is 0 Å². The second kappa shape index (κ2) is 8.21. The highest BCUT2D eigenvalue weighted by atomic mass is 79.9. The molecular weight excluding hydrogens is 459 g/mol. The normalized spacial score (nSPS) is 11.3. The second-order valence-corrected chi connectivity index (χ2v) is 8.96. The van der Waals surface area contributed by atoms with E-state index in [1.54, 1.807) is 18.2 Å². The molecule has 1 aromatic heterocycles. The summed E-state index contributed by atoms with van der Waals surface area (Å²) in [5.74, 6) is -1.20. The standard InChI is InChI=1S/C16H12BrFN4O3S2/c17-10-5-7-11(8-6-10)27(24,25)19-9-14-21-22-16(26-14)15(23)20-13-4-2-1-3-12(13)18/h1-8,19H,9H2,(H,20,23). The second-order valence-electron chi connectivity index (χ2n) is 5.21. The average molecular weight is 471 g/mol. The van der Waals surface area contributed by atoms with Gasteiger partial charge in [0.05, 0.1) is 17.1 Å². The summed E-state index contributed by atoms with van der Waals surface area (Å²) in [6, 6.07) is 11.9. The molecule has 2 aromatic carbocycles. The van der Waals surface area contributed by atoms with E-state index < -0.39 is 21.7 Å². The lowest BCUT2D eigenvalue weighted by Crippen LogP contribution is -2.23. The van der Waals surface area contributed by atoms with Gasteiger partial charge >= 0.3 is 0 Å². The molecule has 0 spiro atoms. The van der Waals surface area contributed by atoms with Crippen molar-refractivity contribution < 1.29 is 17.6 Å². The Morgan fingerprint density at radius 3 is 2.52 bits per heavy atom. The summed E-state index contributed by atoms with van der Waals surface area (Å²) >= 11 is 4.15. The van der Waals surface area contributed by atoms with Crippen LogP contribution in [0.3, 0.4) is 0 Å². The van der Waals surface area contributed by atoms with Gasteiger partial charge in [-0.05, 0) is 36.4 Å². The molecule has 0 aliphatic rings. The van der Waals surface area contributed by atoms with Gasteiger partial charge in [-0.15, -0.1) is 10.2 Å². The Balaban J connectivity index is 1.65. The van der Waals surface area contributed by atoms with Gasteiger partial charge in [-0.2, -0.15) is 0 Å². The maximum atomic E-state index is 13.6. The summed E-state index contributed by atoms with van der Waals surface area (Å²) < 4.78 is 41.2. The highest BCUT2D eigenvalue weighted by molar-refractivity contribution is 9.10. The molecular formula is C16H12BrFN4O3S2. The number of nitrogens with zero attached hydrogens (tertiary/aromatic N) is 2. The van der Waals surface area contributed by atoms with Crippen molar-refractivity contribution in [3.8, 4) is 0 Å². The minimum Gasteiger partial charge on any atom is -0.317 e. The zero-order valence-electron chi connectivity index (χ0n) is 13.5. The van der Waals surface area contributed by atoms with Crippen LogP contribution < -0.4 is 10.0 Å². The Hall–Kier alpha value is -2.21. The molecule has 7 nitrogen and oxygen atoms in total. The third kappa shape index (κ3) is 4.95. The van der Waals surface area contributed by atoms with Gasteiger partial charge in [0.2, 0.25) is 15.0 Å². The lowest BCUT2D eigenvalue weighted by atomic mass is 10.3. The molecule has 0 aliphatic heterocycles. The Bertz CT molecular complexity index is 1070. The average Bonchev–Trinajstić information content (AvgIpc) is 3.12. The number of carbonyl (C=O) groups excluding carboxylic acids is 1. The monoisotopic (exact) mass is 470 g/mol. The highest BCUT2D eigenvalue weighted by Crippen LogP contribution is 2.18. The first kappa shape index (κ1) is 19.5. The van der Waals surface area contributed by atoms with E-state index in [0.717, 1.165) is 15.8 Å². The summed E-state index contributed by atoms with van der Waals surface area (Å²) in [5, 5.41) is 10.2. The number of nitrogens with one attached hydrogen (secondary N) is 2. The van der Waals surface area contributed by atoms with Gasteiger partial charge in [0.25, 0.3) is 5.91 Å². The number of aromatic nitrogens is 2. The first-order valence-corrected chi connectivity index (χ1v) is 10.6. The summed E-state index contributed by atoms with van der Waals surface area (Å²) in [4.78, 5) is 12.2. The molecule has 1 amide bonds. The quantitative estimate of drug-likeness (QED) is 0.575. The number of benzene rings is 2. The van der Waals surface area contributed by atoms with E-state index in [1.165, 1.54) is 30.3 Å². The zero-order valence-corrected chi connectivity index (χ0v) is 16.7. The summed E-state index contributed by atoms with van der Waals surface area (Å²) in [7, 11) is -3.72. The van der Waals surface area contributed by atoms with Crippen molar-refractivity contribution >= 4 is 48.9 Å². The maximum Gasteiger partial charge on any atom is 0.286 e. The molecule has 0 radical (unpaired) electrons. The number of sulfonamides is 1. The van der Waals surface area contributed by atoms with E-state index in [4.69, 9.17) is 0 Å². The van der Waals surface area contributed by atoms with E-state index in [0.29, 0.717) is 5.01 Å². The number of amides is 1. The van der Waals surface area contributed by atoms with Crippen LogP contribution in [0.25, 0.3) is 0 Å². The fourth-order valence-electron chi connectivity index (χ4n) is 2.01. The minimum atomic E-state index is -3.72. The topological polar surface area (TPSA) is 101 Å². The van der Waals surface area contributed by atoms with Crippen LogP contribution in [0.1, 0.15) is 14.8 Å². The predicted molar refractivity (Wildman–Crippen MR) is 102 cm³/mol.